The van der Waals surface area contributed by atoms with Crippen LogP contribution in [0.15, 0.2) is 24.3 Å². The standard InChI is InChI=1S/C18H24N2O/c1-13(14-6-7-14)18(21)20-11-10-19-9-8-15-4-2-3-5-16(15)17(19)12-20/h2-5,13-14,17H,6-12H2,1H3. The Morgan fingerprint density at radius 1 is 1.19 bits per heavy atom. The molecule has 112 valence electrons. The smallest absolute Gasteiger partial charge is 0.225 e. The molecule has 1 saturated heterocycles. The summed E-state index contributed by atoms with van der Waals surface area (Å²) in [5.74, 6) is 1.28. The van der Waals surface area contributed by atoms with E-state index in [0.717, 1.165) is 32.6 Å². The Kier molecular flexibility index (Phi) is 3.26. The van der Waals surface area contributed by atoms with Crippen molar-refractivity contribution in [3.8, 4) is 0 Å². The third-order valence-corrected chi connectivity index (χ3v) is 5.60. The van der Waals surface area contributed by atoms with Crippen molar-refractivity contribution in [3.63, 3.8) is 0 Å². The van der Waals surface area contributed by atoms with Gasteiger partial charge in [0.15, 0.2) is 0 Å². The Balaban J connectivity index is 1.54. The van der Waals surface area contributed by atoms with Crippen molar-refractivity contribution >= 4 is 5.91 Å². The fourth-order valence-electron chi connectivity index (χ4n) is 4.02. The second-order valence-corrected chi connectivity index (χ2v) is 6.91. The first kappa shape index (κ1) is 13.3. The number of piperazine rings is 1. The minimum absolute atomic E-state index is 0.232. The van der Waals surface area contributed by atoms with Gasteiger partial charge < -0.3 is 4.90 Å². The highest BCUT2D eigenvalue weighted by Crippen LogP contribution is 2.39. The van der Waals surface area contributed by atoms with E-state index in [1.54, 1.807) is 0 Å². The molecule has 1 aromatic rings. The van der Waals surface area contributed by atoms with Crippen molar-refractivity contribution in [1.82, 2.24) is 9.80 Å². The summed E-state index contributed by atoms with van der Waals surface area (Å²) in [6.07, 6.45) is 3.65. The number of carbonyl (C=O) groups is 1. The summed E-state index contributed by atoms with van der Waals surface area (Å²) in [4.78, 5) is 17.4. The average Bonchev–Trinajstić information content (AvgIpc) is 3.37. The number of benzene rings is 1. The highest BCUT2D eigenvalue weighted by atomic mass is 16.2. The molecule has 0 aromatic heterocycles. The lowest BCUT2D eigenvalue weighted by atomic mass is 9.90. The molecule has 2 atom stereocenters. The normalized spacial score (nSPS) is 26.9. The molecule has 1 saturated carbocycles. The van der Waals surface area contributed by atoms with E-state index < -0.39 is 0 Å². The van der Waals surface area contributed by atoms with Gasteiger partial charge in [-0.05, 0) is 36.3 Å². The minimum atomic E-state index is 0.232. The largest absolute Gasteiger partial charge is 0.339 e. The van der Waals surface area contributed by atoms with Crippen molar-refractivity contribution in [2.45, 2.75) is 32.2 Å². The molecule has 2 fully saturated rings. The summed E-state index contributed by atoms with van der Waals surface area (Å²) >= 11 is 0. The Bertz CT molecular complexity index is 552. The molecule has 0 spiro atoms. The van der Waals surface area contributed by atoms with E-state index in [2.05, 4.69) is 41.0 Å². The van der Waals surface area contributed by atoms with Gasteiger partial charge in [0, 0.05) is 32.1 Å². The molecule has 1 aromatic carbocycles. The van der Waals surface area contributed by atoms with E-state index in [0.29, 0.717) is 17.9 Å². The van der Waals surface area contributed by atoms with Gasteiger partial charge >= 0.3 is 0 Å². The van der Waals surface area contributed by atoms with Crippen molar-refractivity contribution in [1.29, 1.82) is 0 Å². The van der Waals surface area contributed by atoms with Crippen LogP contribution in [0.5, 0.6) is 0 Å². The van der Waals surface area contributed by atoms with Crippen molar-refractivity contribution in [3.05, 3.63) is 35.4 Å². The molecule has 21 heavy (non-hydrogen) atoms. The molecular formula is C18H24N2O. The number of fused-ring (bicyclic) bond motifs is 3. The summed E-state index contributed by atoms with van der Waals surface area (Å²) in [6, 6.07) is 9.19. The van der Waals surface area contributed by atoms with Gasteiger partial charge in [0.1, 0.15) is 0 Å². The molecule has 2 unspecified atom stereocenters. The molecule has 2 aliphatic heterocycles. The average molecular weight is 284 g/mol. The van der Waals surface area contributed by atoms with Crippen LogP contribution < -0.4 is 0 Å². The molecule has 4 rings (SSSR count). The van der Waals surface area contributed by atoms with Crippen LogP contribution in [0.25, 0.3) is 0 Å². The summed E-state index contributed by atoms with van der Waals surface area (Å²) in [7, 11) is 0. The van der Waals surface area contributed by atoms with Crippen LogP contribution in [0, 0.1) is 11.8 Å². The topological polar surface area (TPSA) is 23.6 Å². The Hall–Kier alpha value is -1.35. The quantitative estimate of drug-likeness (QED) is 0.833. The number of nitrogens with zero attached hydrogens (tertiary/aromatic N) is 2. The van der Waals surface area contributed by atoms with E-state index in [1.807, 2.05) is 0 Å². The highest BCUT2D eigenvalue weighted by molar-refractivity contribution is 5.79. The molecule has 2 heterocycles. The third-order valence-electron chi connectivity index (χ3n) is 5.60. The fraction of sp³-hybridized carbons (Fsp3) is 0.611. The van der Waals surface area contributed by atoms with Crippen LogP contribution in [0.4, 0.5) is 0 Å². The maximum absolute atomic E-state index is 12.7. The zero-order valence-electron chi connectivity index (χ0n) is 12.8. The van der Waals surface area contributed by atoms with Crippen molar-refractivity contribution < 1.29 is 4.79 Å². The van der Waals surface area contributed by atoms with Gasteiger partial charge in [0.25, 0.3) is 0 Å². The summed E-state index contributed by atoms with van der Waals surface area (Å²) in [5.41, 5.74) is 2.92. The van der Waals surface area contributed by atoms with Gasteiger partial charge in [-0.25, -0.2) is 0 Å². The van der Waals surface area contributed by atoms with Crippen LogP contribution >= 0.6 is 0 Å². The zero-order chi connectivity index (χ0) is 14.4. The van der Waals surface area contributed by atoms with Gasteiger partial charge in [0.2, 0.25) is 5.91 Å². The summed E-state index contributed by atoms with van der Waals surface area (Å²) < 4.78 is 0. The van der Waals surface area contributed by atoms with Gasteiger partial charge in [-0.3, -0.25) is 9.69 Å². The highest BCUT2D eigenvalue weighted by Gasteiger charge is 2.39. The Morgan fingerprint density at radius 2 is 2.00 bits per heavy atom. The lowest BCUT2D eigenvalue weighted by Crippen LogP contribution is -2.53. The fourth-order valence-corrected chi connectivity index (χ4v) is 4.02. The molecule has 0 N–H and O–H groups in total. The van der Waals surface area contributed by atoms with Crippen LogP contribution in [-0.2, 0) is 11.2 Å². The van der Waals surface area contributed by atoms with Crippen molar-refractivity contribution in [2.24, 2.45) is 11.8 Å². The number of rotatable bonds is 2. The monoisotopic (exact) mass is 284 g/mol. The molecule has 1 amide bonds. The van der Waals surface area contributed by atoms with Crippen molar-refractivity contribution in [2.75, 3.05) is 26.2 Å². The molecular weight excluding hydrogens is 260 g/mol. The lowest BCUT2D eigenvalue weighted by Gasteiger charge is -2.45. The predicted molar refractivity (Wildman–Crippen MR) is 82.9 cm³/mol. The van der Waals surface area contributed by atoms with Crippen LogP contribution in [0.3, 0.4) is 0 Å². The zero-order valence-corrected chi connectivity index (χ0v) is 12.8. The van der Waals surface area contributed by atoms with E-state index in [4.69, 9.17) is 0 Å². The third kappa shape index (κ3) is 2.38. The summed E-state index contributed by atoms with van der Waals surface area (Å²) in [5, 5.41) is 0. The van der Waals surface area contributed by atoms with Gasteiger partial charge in [-0.1, -0.05) is 31.2 Å². The molecule has 3 heteroatoms. The minimum Gasteiger partial charge on any atom is -0.339 e. The maximum Gasteiger partial charge on any atom is 0.225 e. The Labute approximate surface area is 126 Å². The number of hydrogen-bond acceptors (Lipinski definition) is 2. The first-order chi connectivity index (χ1) is 10.2. The van der Waals surface area contributed by atoms with Gasteiger partial charge in [-0.2, -0.15) is 0 Å². The first-order valence-electron chi connectivity index (χ1n) is 8.34. The van der Waals surface area contributed by atoms with Crippen LogP contribution in [-0.4, -0.2) is 41.9 Å². The second kappa shape index (κ2) is 5.13. The van der Waals surface area contributed by atoms with E-state index in [-0.39, 0.29) is 5.92 Å². The molecule has 3 aliphatic rings. The SMILES string of the molecule is CC(C(=O)N1CCN2CCc3ccccc3C2C1)C1CC1. The second-order valence-electron chi connectivity index (χ2n) is 6.91. The van der Waals surface area contributed by atoms with Gasteiger partial charge in [-0.15, -0.1) is 0 Å². The summed E-state index contributed by atoms with van der Waals surface area (Å²) in [6.45, 7) is 6.09. The number of carbonyl (C=O) groups excluding carboxylic acids is 1. The molecule has 0 bridgehead atoms. The van der Waals surface area contributed by atoms with E-state index in [9.17, 15) is 4.79 Å². The van der Waals surface area contributed by atoms with Crippen LogP contribution in [0.2, 0.25) is 0 Å². The van der Waals surface area contributed by atoms with Gasteiger partial charge in [0.05, 0.1) is 6.04 Å². The van der Waals surface area contributed by atoms with E-state index in [1.165, 1.54) is 24.0 Å². The Morgan fingerprint density at radius 3 is 2.81 bits per heavy atom. The van der Waals surface area contributed by atoms with Crippen LogP contribution in [0.1, 0.15) is 36.9 Å². The number of amides is 1. The molecule has 0 radical (unpaired) electrons. The molecule has 1 aliphatic carbocycles. The number of hydrogen-bond donors (Lipinski definition) is 0. The lowest BCUT2D eigenvalue weighted by molar-refractivity contribution is -0.139. The molecule has 3 nitrogen and oxygen atoms in total. The predicted octanol–water partition coefficient (Wildman–Crippen LogP) is 2.47. The first-order valence-corrected chi connectivity index (χ1v) is 8.34. The van der Waals surface area contributed by atoms with E-state index >= 15 is 0 Å². The maximum atomic E-state index is 12.7.